The van der Waals surface area contributed by atoms with Crippen LogP contribution in [0.1, 0.15) is 31.2 Å². The largest absolute Gasteiger partial charge is 0.503 e. The van der Waals surface area contributed by atoms with Crippen LogP contribution < -0.4 is 32.7 Å². The number of phenols is 2. The van der Waals surface area contributed by atoms with Crippen LogP contribution in [0.25, 0.3) is 6.08 Å². The van der Waals surface area contributed by atoms with Crippen molar-refractivity contribution in [3.05, 3.63) is 17.7 Å². The molecule has 0 heterocycles. The Morgan fingerprint density at radius 1 is 0.661 bits per heavy atom. The lowest BCUT2D eigenvalue weighted by atomic mass is 10.1. The van der Waals surface area contributed by atoms with E-state index in [1.807, 2.05) is 10.6 Å². The Balaban J connectivity index is 3.72. The first-order valence-electron chi connectivity index (χ1n) is 17.3. The highest BCUT2D eigenvalue weighted by atomic mass is 32.2. The second-order valence-corrected chi connectivity index (χ2v) is 14.4. The van der Waals surface area contributed by atoms with Gasteiger partial charge in [-0.3, -0.25) is 38.4 Å². The number of thioether (sulfide) groups is 2. The quantitative estimate of drug-likeness (QED) is 0.0163. The number of aliphatic carboxylic acids is 6. The molecule has 0 aliphatic carbocycles. The van der Waals surface area contributed by atoms with Crippen molar-refractivity contribution in [3.8, 4) is 11.5 Å². The van der Waals surface area contributed by atoms with Crippen LogP contribution in [0.3, 0.4) is 0 Å². The molecule has 1 rings (SSSR count). The molecule has 0 spiro atoms. The molecule has 27 nitrogen and oxygen atoms in total. The molecule has 4 amide bonds. The van der Waals surface area contributed by atoms with E-state index in [4.69, 9.17) is 37.0 Å². The Morgan fingerprint density at radius 3 is 1.52 bits per heavy atom. The number of aliphatic hydroxyl groups is 1. The molecule has 1 aromatic rings. The summed E-state index contributed by atoms with van der Waals surface area (Å²) in [5.41, 5.74) is 10.5. The third-order valence-electron chi connectivity index (χ3n) is 7.58. The van der Waals surface area contributed by atoms with Crippen molar-refractivity contribution in [2.24, 2.45) is 11.5 Å². The molecular formula is C33H42N6O21S2. The van der Waals surface area contributed by atoms with Crippen LogP contribution in [0.2, 0.25) is 0 Å². The number of ether oxygens (including phenoxy) is 1. The molecule has 6 atom stereocenters. The van der Waals surface area contributed by atoms with E-state index in [9.17, 15) is 73.2 Å². The van der Waals surface area contributed by atoms with Crippen LogP contribution in [0.5, 0.6) is 11.5 Å². The van der Waals surface area contributed by atoms with Gasteiger partial charge < -0.3 is 83.4 Å². The minimum atomic E-state index is -2.73. The van der Waals surface area contributed by atoms with Crippen molar-refractivity contribution in [2.75, 3.05) is 24.6 Å². The topological polar surface area (TPSA) is 479 Å². The number of carbonyl (C=O) groups is 11. The Bertz CT molecular complexity index is 1930. The molecule has 6 unspecified atom stereocenters. The summed E-state index contributed by atoms with van der Waals surface area (Å²) >= 11 is 0.992. The maximum absolute atomic E-state index is 12.9. The fraction of sp³-hybridized carbons (Fsp3) is 0.424. The molecule has 0 saturated heterocycles. The summed E-state index contributed by atoms with van der Waals surface area (Å²) in [5, 5.41) is 94.7. The summed E-state index contributed by atoms with van der Waals surface area (Å²) in [7, 11) is 0. The fourth-order valence-corrected chi connectivity index (χ4v) is 6.47. The van der Waals surface area contributed by atoms with Crippen LogP contribution in [-0.4, -0.2) is 172 Å². The van der Waals surface area contributed by atoms with Gasteiger partial charge in [0.1, 0.15) is 37.3 Å². The number of aromatic hydroxyl groups is 2. The summed E-state index contributed by atoms with van der Waals surface area (Å²) in [6.07, 6.45) is -5.90. The minimum absolute atomic E-state index is 0.308. The summed E-state index contributed by atoms with van der Waals surface area (Å²) < 4.78 is 4.54. The number of nitrogens with two attached hydrogens (primary N) is 2. The van der Waals surface area contributed by atoms with E-state index >= 15 is 0 Å². The summed E-state index contributed by atoms with van der Waals surface area (Å²) in [6.45, 7) is -1.85. The first-order valence-corrected chi connectivity index (χ1v) is 19.2. The van der Waals surface area contributed by atoms with Gasteiger partial charge in [-0.25, -0.2) is 14.4 Å². The second kappa shape index (κ2) is 25.8. The van der Waals surface area contributed by atoms with Crippen molar-refractivity contribution < 1.29 is 103 Å². The number of aliphatic hydroxyl groups excluding tert-OH is 1. The number of carbonyl (C=O) groups excluding carboxylic acids is 5. The Labute approximate surface area is 356 Å². The molecule has 0 aliphatic heterocycles. The van der Waals surface area contributed by atoms with Crippen molar-refractivity contribution in [2.45, 2.75) is 71.8 Å². The van der Waals surface area contributed by atoms with Gasteiger partial charge in [-0.05, 0) is 30.5 Å². The monoisotopic (exact) mass is 922 g/mol. The zero-order chi connectivity index (χ0) is 47.4. The van der Waals surface area contributed by atoms with E-state index in [-0.39, 0.29) is 16.9 Å². The third-order valence-corrected chi connectivity index (χ3v) is 9.92. The highest BCUT2D eigenvalue weighted by molar-refractivity contribution is 8.00. The number of rotatable bonds is 28. The third kappa shape index (κ3) is 18.7. The Morgan fingerprint density at radius 2 is 1.11 bits per heavy atom. The van der Waals surface area contributed by atoms with E-state index < -0.39 is 162 Å². The van der Waals surface area contributed by atoms with Crippen LogP contribution in [0.4, 0.5) is 0 Å². The van der Waals surface area contributed by atoms with E-state index in [0.29, 0.717) is 29.6 Å². The molecule has 0 radical (unpaired) electrons. The number of benzene rings is 1. The van der Waals surface area contributed by atoms with Gasteiger partial charge in [0.25, 0.3) is 0 Å². The van der Waals surface area contributed by atoms with Gasteiger partial charge in [0.2, 0.25) is 29.7 Å². The zero-order valence-corrected chi connectivity index (χ0v) is 33.4. The van der Waals surface area contributed by atoms with Crippen molar-refractivity contribution >= 4 is 95.0 Å². The number of hydrogen-bond donors (Lipinski definition) is 15. The summed E-state index contributed by atoms with van der Waals surface area (Å²) in [6, 6.07) is -5.18. The molecule has 0 bridgehead atoms. The van der Waals surface area contributed by atoms with Gasteiger partial charge in [0, 0.05) is 30.4 Å². The molecule has 62 heavy (non-hydrogen) atoms. The molecular weight excluding hydrogens is 881 g/mol. The molecule has 342 valence electrons. The van der Waals surface area contributed by atoms with E-state index in [0.717, 1.165) is 12.1 Å². The van der Waals surface area contributed by atoms with Gasteiger partial charge in [0.05, 0.1) is 9.79 Å². The van der Waals surface area contributed by atoms with E-state index in [2.05, 4.69) is 15.4 Å². The lowest BCUT2D eigenvalue weighted by Crippen LogP contribution is -2.49. The molecule has 0 saturated carbocycles. The molecule has 0 fully saturated rings. The highest BCUT2D eigenvalue weighted by Gasteiger charge is 2.35. The number of nitrogens with one attached hydrogen (secondary N) is 4. The fourth-order valence-electron chi connectivity index (χ4n) is 4.35. The molecule has 0 aliphatic rings. The summed E-state index contributed by atoms with van der Waals surface area (Å²) in [4.78, 5) is 130. The molecule has 0 aromatic heterocycles. The Kier molecular flexibility index (Phi) is 22.2. The Hall–Kier alpha value is -6.69. The molecule has 17 N–H and O–H groups in total. The van der Waals surface area contributed by atoms with Gasteiger partial charge in [-0.1, -0.05) is 0 Å². The first kappa shape index (κ1) is 53.3. The van der Waals surface area contributed by atoms with Crippen molar-refractivity contribution in [1.82, 2.24) is 21.3 Å². The van der Waals surface area contributed by atoms with Crippen LogP contribution >= 0.6 is 23.5 Å². The highest BCUT2D eigenvalue weighted by Crippen LogP contribution is 2.45. The van der Waals surface area contributed by atoms with Crippen molar-refractivity contribution in [1.29, 1.82) is 0 Å². The normalized spacial score (nSPS) is 13.9. The first-order chi connectivity index (χ1) is 28.8. The van der Waals surface area contributed by atoms with Gasteiger partial charge in [-0.2, -0.15) is 0 Å². The van der Waals surface area contributed by atoms with E-state index in [1.54, 1.807) is 0 Å². The van der Waals surface area contributed by atoms with Gasteiger partial charge in [-0.15, -0.1) is 23.5 Å². The molecule has 29 heteroatoms. The minimum Gasteiger partial charge on any atom is -0.503 e. The van der Waals surface area contributed by atoms with Gasteiger partial charge in [0.15, 0.2) is 17.6 Å². The van der Waals surface area contributed by atoms with E-state index in [1.165, 1.54) is 0 Å². The van der Waals surface area contributed by atoms with Crippen LogP contribution in [0.15, 0.2) is 21.9 Å². The van der Waals surface area contributed by atoms with Gasteiger partial charge >= 0.3 is 41.8 Å². The number of esters is 1. The van der Waals surface area contributed by atoms with Crippen LogP contribution in [0, 0.1) is 0 Å². The zero-order valence-electron chi connectivity index (χ0n) is 31.7. The predicted octanol–water partition coefficient (Wildman–Crippen LogP) is -4.51. The number of carboxylic acids is 6. The number of phenolic OH excluding ortho intramolecular Hbond substituents is 2. The smallest absolute Gasteiger partial charge is 0.348 e. The average Bonchev–Trinajstić information content (AvgIpc) is 3.19. The predicted molar refractivity (Wildman–Crippen MR) is 206 cm³/mol. The average molecular weight is 923 g/mol. The lowest BCUT2D eigenvalue weighted by Gasteiger charge is -2.21. The van der Waals surface area contributed by atoms with Crippen LogP contribution in [-0.2, 0) is 57.5 Å². The maximum atomic E-state index is 12.9. The molecule has 1 aromatic carbocycles. The second-order valence-electron chi connectivity index (χ2n) is 12.4. The van der Waals surface area contributed by atoms with Crippen molar-refractivity contribution in [3.63, 3.8) is 0 Å². The SMILES string of the molecule is NC(CCC(=O)NC(CSc1cc(C=CC(=O)OC(C(=O)O)C(O)C(=O)O)c(SCC(NC(=O)CCC(N)C(=O)O)C(=O)NCC(=O)O)c(O)c1O)C(=O)NCC(=O)O)C(=O)O. The number of carboxylic acid groups (broad SMARTS) is 6. The standard InChI is InChI=1S/C33H42N6O21S2/c34-13(30(52)53)2-4-18(40)38-15(28(50)36-8-20(42)43)10-61-17-7-12(1-6-22(46)60-26(33(58)59)25(49)32(56)57)27(24(48)23(17)47)62-11-16(29(51)37-9-21(44)45)39-19(41)5-3-14(35)31(54)55/h1,6-7,13-16,25-26,47-49H,2-5,8-11,34-35H2,(H,36,50)(H,37,51)(H,38,40)(H,39,41)(H,42,43)(H,44,45)(H,52,53)(H,54,55)(H,56,57)(H,58,59). The summed E-state index contributed by atoms with van der Waals surface area (Å²) in [5.74, 6) is -18.8. The number of amides is 4. The maximum Gasteiger partial charge on any atom is 0.348 e. The number of hydrogen-bond acceptors (Lipinski definition) is 19. The lowest BCUT2D eigenvalue weighted by molar-refractivity contribution is -0.176.